The summed E-state index contributed by atoms with van der Waals surface area (Å²) < 4.78 is 0.933. The molecule has 134 valence electrons. The quantitative estimate of drug-likeness (QED) is 0.588. The maximum atomic E-state index is 12.4. The molecule has 1 aliphatic rings. The SMILES string of the molecule is O=C(NCCc1cnc[nH]1)C1CC(=O)N(c2n[nH]c3cc(Br)ccc23)C1. The summed E-state index contributed by atoms with van der Waals surface area (Å²) in [5.74, 6) is 0.00899. The third kappa shape index (κ3) is 3.22. The van der Waals surface area contributed by atoms with Crippen molar-refractivity contribution in [2.24, 2.45) is 5.92 Å². The first-order valence-corrected chi connectivity index (χ1v) is 9.10. The third-order valence-corrected chi connectivity index (χ3v) is 5.00. The number of aromatic nitrogens is 4. The predicted molar refractivity (Wildman–Crippen MR) is 99.6 cm³/mol. The summed E-state index contributed by atoms with van der Waals surface area (Å²) in [6, 6.07) is 5.72. The number of nitrogens with one attached hydrogen (secondary N) is 3. The van der Waals surface area contributed by atoms with E-state index in [2.05, 4.69) is 41.4 Å². The van der Waals surface area contributed by atoms with Crippen molar-refractivity contribution in [2.45, 2.75) is 12.8 Å². The van der Waals surface area contributed by atoms with Crippen molar-refractivity contribution in [3.05, 3.63) is 40.9 Å². The predicted octanol–water partition coefficient (Wildman–Crippen LogP) is 1.76. The number of nitrogens with zero attached hydrogens (tertiary/aromatic N) is 3. The highest BCUT2D eigenvalue weighted by molar-refractivity contribution is 9.10. The van der Waals surface area contributed by atoms with Crippen LogP contribution in [0.4, 0.5) is 5.82 Å². The molecule has 0 spiro atoms. The molecule has 9 heteroatoms. The lowest BCUT2D eigenvalue weighted by Crippen LogP contribution is -2.34. The number of halogens is 1. The van der Waals surface area contributed by atoms with Crippen molar-refractivity contribution in [2.75, 3.05) is 18.0 Å². The zero-order valence-corrected chi connectivity index (χ0v) is 15.4. The van der Waals surface area contributed by atoms with E-state index in [9.17, 15) is 9.59 Å². The van der Waals surface area contributed by atoms with Crippen LogP contribution in [-0.2, 0) is 16.0 Å². The fourth-order valence-corrected chi connectivity index (χ4v) is 3.52. The number of H-pyrrole nitrogens is 2. The lowest BCUT2D eigenvalue weighted by atomic mass is 10.1. The van der Waals surface area contributed by atoms with Crippen LogP contribution in [0.2, 0.25) is 0 Å². The van der Waals surface area contributed by atoms with E-state index in [1.807, 2.05) is 18.2 Å². The second kappa shape index (κ2) is 6.91. The molecule has 0 aliphatic carbocycles. The van der Waals surface area contributed by atoms with Crippen LogP contribution >= 0.6 is 15.9 Å². The van der Waals surface area contributed by atoms with Gasteiger partial charge in [-0.3, -0.25) is 19.6 Å². The second-order valence-corrected chi connectivity index (χ2v) is 7.18. The highest BCUT2D eigenvalue weighted by Gasteiger charge is 2.36. The molecule has 1 aromatic carbocycles. The Bertz CT molecular complexity index is 951. The number of carbonyl (C=O) groups is 2. The maximum Gasteiger partial charge on any atom is 0.229 e. The Morgan fingerprint density at radius 1 is 1.42 bits per heavy atom. The van der Waals surface area contributed by atoms with Crippen molar-refractivity contribution in [1.29, 1.82) is 0 Å². The zero-order valence-electron chi connectivity index (χ0n) is 13.8. The van der Waals surface area contributed by atoms with Crippen molar-refractivity contribution >= 4 is 44.5 Å². The van der Waals surface area contributed by atoms with Gasteiger partial charge in [0.2, 0.25) is 11.8 Å². The van der Waals surface area contributed by atoms with Gasteiger partial charge in [0.15, 0.2) is 5.82 Å². The monoisotopic (exact) mass is 416 g/mol. The standard InChI is InChI=1S/C17H17BrN6O2/c18-11-1-2-13-14(6-11)22-23-16(13)24-8-10(5-15(24)25)17(26)20-4-3-12-7-19-9-21-12/h1-2,6-7,9-10H,3-5,8H2,(H,19,21)(H,20,26)(H,22,23). The van der Waals surface area contributed by atoms with Gasteiger partial charge >= 0.3 is 0 Å². The lowest BCUT2D eigenvalue weighted by Gasteiger charge is -2.14. The fraction of sp³-hybridized carbons (Fsp3) is 0.294. The number of imidazole rings is 1. The Labute approximate surface area is 157 Å². The van der Waals surface area contributed by atoms with Gasteiger partial charge in [0.1, 0.15) is 0 Å². The minimum absolute atomic E-state index is 0.0879. The summed E-state index contributed by atoms with van der Waals surface area (Å²) in [7, 11) is 0. The van der Waals surface area contributed by atoms with E-state index in [1.54, 1.807) is 17.4 Å². The largest absolute Gasteiger partial charge is 0.355 e. The van der Waals surface area contributed by atoms with E-state index in [0.29, 0.717) is 25.3 Å². The number of benzene rings is 1. The molecule has 2 amide bonds. The van der Waals surface area contributed by atoms with E-state index in [-0.39, 0.29) is 24.2 Å². The van der Waals surface area contributed by atoms with Gasteiger partial charge in [-0.1, -0.05) is 15.9 Å². The van der Waals surface area contributed by atoms with E-state index in [1.165, 1.54) is 0 Å². The van der Waals surface area contributed by atoms with Crippen LogP contribution in [0.5, 0.6) is 0 Å². The number of rotatable bonds is 5. The summed E-state index contributed by atoms with van der Waals surface area (Å²) in [5.41, 5.74) is 1.80. The molecule has 0 bridgehead atoms. The molecule has 0 radical (unpaired) electrons. The van der Waals surface area contributed by atoms with Crippen LogP contribution in [0.3, 0.4) is 0 Å². The second-order valence-electron chi connectivity index (χ2n) is 6.26. The van der Waals surface area contributed by atoms with Gasteiger partial charge in [0.25, 0.3) is 0 Å². The van der Waals surface area contributed by atoms with Crippen molar-refractivity contribution in [1.82, 2.24) is 25.5 Å². The Balaban J connectivity index is 1.42. The van der Waals surface area contributed by atoms with Gasteiger partial charge in [-0.15, -0.1) is 0 Å². The molecule has 1 fully saturated rings. The van der Waals surface area contributed by atoms with E-state index < -0.39 is 0 Å². The number of aromatic amines is 2. The minimum Gasteiger partial charge on any atom is -0.355 e. The van der Waals surface area contributed by atoms with Crippen molar-refractivity contribution in [3.8, 4) is 0 Å². The molecule has 1 saturated heterocycles. The highest BCUT2D eigenvalue weighted by atomic mass is 79.9. The molecule has 3 N–H and O–H groups in total. The Kier molecular flexibility index (Phi) is 4.46. The van der Waals surface area contributed by atoms with Crippen LogP contribution in [0.1, 0.15) is 12.1 Å². The number of fused-ring (bicyclic) bond motifs is 1. The maximum absolute atomic E-state index is 12.4. The number of hydrogen-bond acceptors (Lipinski definition) is 4. The number of hydrogen-bond donors (Lipinski definition) is 3. The highest BCUT2D eigenvalue weighted by Crippen LogP contribution is 2.31. The molecule has 2 aromatic heterocycles. The summed E-state index contributed by atoms with van der Waals surface area (Å²) in [6.45, 7) is 0.843. The molecule has 4 rings (SSSR count). The van der Waals surface area contributed by atoms with Crippen molar-refractivity contribution < 1.29 is 9.59 Å². The third-order valence-electron chi connectivity index (χ3n) is 4.50. The van der Waals surface area contributed by atoms with E-state index in [0.717, 1.165) is 21.1 Å². The van der Waals surface area contributed by atoms with Crippen LogP contribution < -0.4 is 10.2 Å². The van der Waals surface area contributed by atoms with E-state index in [4.69, 9.17) is 0 Å². The lowest BCUT2D eigenvalue weighted by molar-refractivity contribution is -0.126. The molecule has 3 aromatic rings. The molecule has 26 heavy (non-hydrogen) atoms. The molecular weight excluding hydrogens is 400 g/mol. The Hall–Kier alpha value is -2.68. The first kappa shape index (κ1) is 16.8. The number of amides is 2. The van der Waals surface area contributed by atoms with Crippen LogP contribution in [-0.4, -0.2) is 45.1 Å². The Morgan fingerprint density at radius 2 is 2.31 bits per heavy atom. The van der Waals surface area contributed by atoms with Gasteiger partial charge in [-0.25, -0.2) is 4.98 Å². The van der Waals surface area contributed by atoms with Crippen LogP contribution in [0.15, 0.2) is 35.2 Å². The van der Waals surface area contributed by atoms with Gasteiger partial charge < -0.3 is 10.3 Å². The molecule has 1 unspecified atom stereocenters. The van der Waals surface area contributed by atoms with Crippen LogP contribution in [0.25, 0.3) is 10.9 Å². The molecular formula is C17H17BrN6O2. The van der Waals surface area contributed by atoms with Gasteiger partial charge in [-0.2, -0.15) is 5.10 Å². The molecule has 8 nitrogen and oxygen atoms in total. The minimum atomic E-state index is -0.369. The van der Waals surface area contributed by atoms with Crippen molar-refractivity contribution in [3.63, 3.8) is 0 Å². The van der Waals surface area contributed by atoms with Gasteiger partial charge in [0, 0.05) is 47.7 Å². The topological polar surface area (TPSA) is 107 Å². The first-order valence-electron chi connectivity index (χ1n) is 8.31. The normalized spacial score (nSPS) is 17.2. The first-order chi connectivity index (χ1) is 12.6. The fourth-order valence-electron chi connectivity index (χ4n) is 3.16. The summed E-state index contributed by atoms with van der Waals surface area (Å²) in [6.07, 6.45) is 4.21. The zero-order chi connectivity index (χ0) is 18.1. The number of anilines is 1. The molecule has 0 saturated carbocycles. The van der Waals surface area contributed by atoms with Gasteiger partial charge in [0.05, 0.1) is 17.8 Å². The van der Waals surface area contributed by atoms with Gasteiger partial charge in [-0.05, 0) is 18.2 Å². The summed E-state index contributed by atoms with van der Waals surface area (Å²) in [5, 5.41) is 11.0. The molecule has 1 aliphatic heterocycles. The Morgan fingerprint density at radius 3 is 3.12 bits per heavy atom. The van der Waals surface area contributed by atoms with E-state index >= 15 is 0 Å². The summed E-state index contributed by atoms with van der Waals surface area (Å²) in [4.78, 5) is 33.3. The summed E-state index contributed by atoms with van der Waals surface area (Å²) >= 11 is 3.42. The molecule has 3 heterocycles. The molecule has 1 atom stereocenters. The smallest absolute Gasteiger partial charge is 0.229 e. The average Bonchev–Trinajstić information content (AvgIpc) is 3.34. The number of carbonyl (C=O) groups excluding carboxylic acids is 2. The van der Waals surface area contributed by atoms with Crippen LogP contribution in [0, 0.1) is 5.92 Å². The average molecular weight is 417 g/mol.